The first-order chi connectivity index (χ1) is 14.7. The van der Waals surface area contributed by atoms with E-state index in [1.54, 1.807) is 35.2 Å². The van der Waals surface area contributed by atoms with Gasteiger partial charge in [0.2, 0.25) is 5.91 Å². The maximum Gasteiger partial charge on any atom is 0.261 e. The number of amides is 2. The molecule has 2 N–H and O–H groups in total. The zero-order chi connectivity index (χ0) is 22.6. The Morgan fingerprint density at radius 3 is 2.55 bits per heavy atom. The largest absolute Gasteiger partial charge is 0.352 e. The van der Waals surface area contributed by atoms with E-state index in [9.17, 15) is 18.0 Å². The van der Waals surface area contributed by atoms with Crippen LogP contribution in [0.2, 0.25) is 0 Å². The third kappa shape index (κ3) is 5.44. The van der Waals surface area contributed by atoms with Crippen LogP contribution in [-0.2, 0) is 14.8 Å². The topological polar surface area (TPSA) is 95.6 Å². The van der Waals surface area contributed by atoms with Gasteiger partial charge in [0.1, 0.15) is 6.04 Å². The van der Waals surface area contributed by atoms with Crippen LogP contribution >= 0.6 is 0 Å². The number of hydrogen-bond acceptors (Lipinski definition) is 4. The van der Waals surface area contributed by atoms with Crippen molar-refractivity contribution >= 4 is 27.5 Å². The molecule has 1 saturated heterocycles. The number of hydrogen-bond donors (Lipinski definition) is 2. The Bertz CT molecular complexity index is 1050. The molecule has 3 rings (SSSR count). The summed E-state index contributed by atoms with van der Waals surface area (Å²) in [5, 5.41) is 2.95. The second-order valence-corrected chi connectivity index (χ2v) is 9.66. The van der Waals surface area contributed by atoms with Crippen LogP contribution in [0, 0.1) is 6.92 Å². The lowest BCUT2D eigenvalue weighted by atomic mass is 10.1. The van der Waals surface area contributed by atoms with Crippen LogP contribution in [0.3, 0.4) is 0 Å². The number of benzene rings is 2. The third-order valence-corrected chi connectivity index (χ3v) is 6.91. The summed E-state index contributed by atoms with van der Waals surface area (Å²) >= 11 is 0. The Balaban J connectivity index is 1.77. The molecular weight excluding hydrogens is 414 g/mol. The van der Waals surface area contributed by atoms with Gasteiger partial charge in [-0.3, -0.25) is 14.3 Å². The molecule has 2 aromatic rings. The summed E-state index contributed by atoms with van der Waals surface area (Å²) in [6.07, 6.45) is 2.19. The minimum Gasteiger partial charge on any atom is -0.352 e. The molecule has 0 radical (unpaired) electrons. The average Bonchev–Trinajstić information content (AvgIpc) is 3.23. The van der Waals surface area contributed by atoms with E-state index in [1.807, 2.05) is 20.8 Å². The normalized spacial score (nSPS) is 17.3. The van der Waals surface area contributed by atoms with E-state index in [-0.39, 0.29) is 22.8 Å². The van der Waals surface area contributed by atoms with Crippen molar-refractivity contribution in [1.82, 2.24) is 10.2 Å². The first kappa shape index (κ1) is 22.8. The highest BCUT2D eigenvalue weighted by atomic mass is 32.2. The van der Waals surface area contributed by atoms with Crippen molar-refractivity contribution in [2.75, 3.05) is 11.3 Å². The van der Waals surface area contributed by atoms with E-state index >= 15 is 0 Å². The van der Waals surface area contributed by atoms with E-state index in [0.29, 0.717) is 24.2 Å². The number of carbonyl (C=O) groups is 2. The molecule has 7 nitrogen and oxygen atoms in total. The van der Waals surface area contributed by atoms with Crippen molar-refractivity contribution < 1.29 is 18.0 Å². The van der Waals surface area contributed by atoms with E-state index in [2.05, 4.69) is 10.0 Å². The van der Waals surface area contributed by atoms with Crippen molar-refractivity contribution in [2.24, 2.45) is 0 Å². The number of rotatable bonds is 7. The fraction of sp³-hybridized carbons (Fsp3) is 0.391. The molecule has 0 aromatic heterocycles. The van der Waals surface area contributed by atoms with Gasteiger partial charge in [0.25, 0.3) is 15.9 Å². The van der Waals surface area contributed by atoms with Gasteiger partial charge in [-0.15, -0.1) is 0 Å². The van der Waals surface area contributed by atoms with Crippen molar-refractivity contribution in [3.05, 3.63) is 59.7 Å². The summed E-state index contributed by atoms with van der Waals surface area (Å²) in [6, 6.07) is 12.4. The predicted octanol–water partition coefficient (Wildman–Crippen LogP) is 3.32. The summed E-state index contributed by atoms with van der Waals surface area (Å²) in [5.74, 6) is -0.422. The van der Waals surface area contributed by atoms with Gasteiger partial charge < -0.3 is 10.2 Å². The first-order valence-electron chi connectivity index (χ1n) is 10.5. The van der Waals surface area contributed by atoms with Crippen LogP contribution in [-0.4, -0.2) is 43.8 Å². The molecule has 8 heteroatoms. The highest BCUT2D eigenvalue weighted by molar-refractivity contribution is 7.92. The Morgan fingerprint density at radius 1 is 1.16 bits per heavy atom. The minimum absolute atomic E-state index is 0.0459. The number of nitrogens with one attached hydrogen (secondary N) is 2. The monoisotopic (exact) mass is 443 g/mol. The maximum atomic E-state index is 13.1. The molecule has 0 bridgehead atoms. The lowest BCUT2D eigenvalue weighted by Crippen LogP contribution is -2.48. The van der Waals surface area contributed by atoms with Gasteiger partial charge in [-0.05, 0) is 63.4 Å². The molecule has 1 heterocycles. The first-order valence-corrected chi connectivity index (χ1v) is 12.0. The lowest BCUT2D eigenvalue weighted by Gasteiger charge is -2.25. The number of nitrogens with zero attached hydrogens (tertiary/aromatic N) is 1. The Hall–Kier alpha value is -2.87. The number of aryl methyl sites for hydroxylation is 1. The molecule has 2 unspecified atom stereocenters. The standard InChI is InChI=1S/C23H29N3O4S/c1-4-17(3)24-22(27)21-9-6-14-26(21)23(28)18-7-5-8-19(15-18)25-31(29,30)20-12-10-16(2)11-13-20/h5,7-8,10-13,15,17,21,25H,4,6,9,14H2,1-3H3,(H,24,27). The summed E-state index contributed by atoms with van der Waals surface area (Å²) in [7, 11) is -3.77. The Labute approximate surface area is 183 Å². The molecule has 1 aliphatic rings. The van der Waals surface area contributed by atoms with Crippen LogP contribution in [0.25, 0.3) is 0 Å². The molecule has 0 saturated carbocycles. The molecule has 2 amide bonds. The zero-order valence-electron chi connectivity index (χ0n) is 18.1. The summed E-state index contributed by atoms with van der Waals surface area (Å²) < 4.78 is 27.9. The maximum absolute atomic E-state index is 13.1. The molecule has 2 aromatic carbocycles. The number of anilines is 1. The van der Waals surface area contributed by atoms with Crippen molar-refractivity contribution in [3.8, 4) is 0 Å². The van der Waals surface area contributed by atoms with Crippen LogP contribution < -0.4 is 10.0 Å². The molecule has 31 heavy (non-hydrogen) atoms. The zero-order valence-corrected chi connectivity index (χ0v) is 18.9. The van der Waals surface area contributed by atoms with Gasteiger partial charge in [-0.1, -0.05) is 30.7 Å². The van der Waals surface area contributed by atoms with Gasteiger partial charge >= 0.3 is 0 Å². The highest BCUT2D eigenvalue weighted by Crippen LogP contribution is 2.23. The highest BCUT2D eigenvalue weighted by Gasteiger charge is 2.35. The number of likely N-dealkylation sites (tertiary alicyclic amines) is 1. The van der Waals surface area contributed by atoms with Crippen molar-refractivity contribution in [1.29, 1.82) is 0 Å². The van der Waals surface area contributed by atoms with E-state index in [0.717, 1.165) is 18.4 Å². The molecule has 1 fully saturated rings. The molecule has 2 atom stereocenters. The average molecular weight is 444 g/mol. The third-order valence-electron chi connectivity index (χ3n) is 5.51. The van der Waals surface area contributed by atoms with E-state index in [4.69, 9.17) is 0 Å². The van der Waals surface area contributed by atoms with E-state index < -0.39 is 16.1 Å². The van der Waals surface area contributed by atoms with Crippen LogP contribution in [0.1, 0.15) is 49.0 Å². The Kier molecular flexibility index (Phi) is 7.00. The minimum atomic E-state index is -3.77. The van der Waals surface area contributed by atoms with Gasteiger partial charge in [-0.2, -0.15) is 0 Å². The predicted molar refractivity (Wildman–Crippen MR) is 120 cm³/mol. The molecule has 0 aliphatic carbocycles. The molecule has 1 aliphatic heterocycles. The summed E-state index contributed by atoms with van der Waals surface area (Å²) in [6.45, 7) is 6.30. The quantitative estimate of drug-likeness (QED) is 0.686. The van der Waals surface area contributed by atoms with Crippen molar-refractivity contribution in [3.63, 3.8) is 0 Å². The molecular formula is C23H29N3O4S. The second kappa shape index (κ2) is 9.51. The summed E-state index contributed by atoms with van der Waals surface area (Å²) in [4.78, 5) is 27.4. The fourth-order valence-corrected chi connectivity index (χ4v) is 4.59. The fourth-order valence-electron chi connectivity index (χ4n) is 3.54. The smallest absolute Gasteiger partial charge is 0.261 e. The molecule has 0 spiro atoms. The van der Waals surface area contributed by atoms with Crippen LogP contribution in [0.4, 0.5) is 5.69 Å². The van der Waals surface area contributed by atoms with Crippen molar-refractivity contribution in [2.45, 2.75) is 57.0 Å². The van der Waals surface area contributed by atoms with Gasteiger partial charge in [0, 0.05) is 23.8 Å². The van der Waals surface area contributed by atoms with E-state index in [1.165, 1.54) is 18.2 Å². The van der Waals surface area contributed by atoms with Crippen LogP contribution in [0.15, 0.2) is 53.4 Å². The SMILES string of the molecule is CCC(C)NC(=O)C1CCCN1C(=O)c1cccc(NS(=O)(=O)c2ccc(C)cc2)c1. The van der Waals surface area contributed by atoms with Gasteiger partial charge in [-0.25, -0.2) is 8.42 Å². The Morgan fingerprint density at radius 2 is 1.87 bits per heavy atom. The van der Waals surface area contributed by atoms with Gasteiger partial charge in [0.05, 0.1) is 4.90 Å². The summed E-state index contributed by atoms with van der Waals surface area (Å²) in [5.41, 5.74) is 1.60. The number of sulfonamides is 1. The lowest BCUT2D eigenvalue weighted by molar-refractivity contribution is -0.125. The molecule has 166 valence electrons. The second-order valence-electron chi connectivity index (χ2n) is 7.97. The van der Waals surface area contributed by atoms with Gasteiger partial charge in [0.15, 0.2) is 0 Å². The van der Waals surface area contributed by atoms with Crippen LogP contribution in [0.5, 0.6) is 0 Å². The number of carbonyl (C=O) groups excluding carboxylic acids is 2.